The lowest BCUT2D eigenvalue weighted by Gasteiger charge is -2.25. The van der Waals surface area contributed by atoms with E-state index in [2.05, 4.69) is 4.98 Å². The van der Waals surface area contributed by atoms with Crippen molar-refractivity contribution >= 4 is 5.91 Å². The van der Waals surface area contributed by atoms with Gasteiger partial charge < -0.3 is 14.4 Å². The van der Waals surface area contributed by atoms with Gasteiger partial charge in [0, 0.05) is 25.4 Å². The van der Waals surface area contributed by atoms with Crippen molar-refractivity contribution in [2.45, 2.75) is 31.7 Å². The van der Waals surface area contributed by atoms with Crippen molar-refractivity contribution in [2.24, 2.45) is 0 Å². The van der Waals surface area contributed by atoms with Gasteiger partial charge in [-0.2, -0.15) is 0 Å². The highest BCUT2D eigenvalue weighted by molar-refractivity contribution is 5.77. The summed E-state index contributed by atoms with van der Waals surface area (Å²) in [7, 11) is 0. The number of aromatic nitrogens is 1. The van der Waals surface area contributed by atoms with Gasteiger partial charge in [-0.1, -0.05) is 6.07 Å². The summed E-state index contributed by atoms with van der Waals surface area (Å²) in [5.41, 5.74) is 2.28. The summed E-state index contributed by atoms with van der Waals surface area (Å²) >= 11 is 0. The van der Waals surface area contributed by atoms with Gasteiger partial charge in [0.15, 0.2) is 11.5 Å². The van der Waals surface area contributed by atoms with Gasteiger partial charge in [-0.15, -0.1) is 0 Å². The van der Waals surface area contributed by atoms with E-state index in [1.54, 1.807) is 12.4 Å². The maximum atomic E-state index is 12.7. The number of hydrogen-bond donors (Lipinski definition) is 0. The smallest absolute Gasteiger partial charge is 0.231 e. The minimum Gasteiger partial charge on any atom is -0.454 e. The number of likely N-dealkylation sites (tertiary alicyclic amines) is 1. The third-order valence-corrected chi connectivity index (χ3v) is 4.73. The minimum atomic E-state index is 0.192. The van der Waals surface area contributed by atoms with Crippen LogP contribution in [-0.2, 0) is 11.2 Å². The fraction of sp³-hybridized carbons (Fsp3) is 0.368. The number of benzene rings is 1. The molecule has 1 fully saturated rings. The average Bonchev–Trinajstić information content (AvgIpc) is 3.29. The topological polar surface area (TPSA) is 51.7 Å². The molecule has 0 bridgehead atoms. The van der Waals surface area contributed by atoms with Gasteiger partial charge >= 0.3 is 0 Å². The van der Waals surface area contributed by atoms with E-state index in [1.807, 2.05) is 35.2 Å². The summed E-state index contributed by atoms with van der Waals surface area (Å²) in [4.78, 5) is 18.8. The number of ether oxygens (including phenoxy) is 2. The Labute approximate surface area is 141 Å². The molecule has 5 heteroatoms. The Morgan fingerprint density at radius 3 is 2.88 bits per heavy atom. The highest BCUT2D eigenvalue weighted by atomic mass is 16.7. The lowest BCUT2D eigenvalue weighted by molar-refractivity contribution is -0.132. The Hall–Kier alpha value is -2.56. The molecule has 0 aliphatic carbocycles. The lowest BCUT2D eigenvalue weighted by Crippen LogP contribution is -2.30. The van der Waals surface area contributed by atoms with Crippen molar-refractivity contribution in [1.29, 1.82) is 0 Å². The normalized spacial score (nSPS) is 18.8. The molecular weight excluding hydrogens is 304 g/mol. The van der Waals surface area contributed by atoms with Crippen molar-refractivity contribution in [1.82, 2.24) is 9.88 Å². The van der Waals surface area contributed by atoms with E-state index in [4.69, 9.17) is 9.47 Å². The third kappa shape index (κ3) is 2.94. The van der Waals surface area contributed by atoms with Crippen LogP contribution in [0.25, 0.3) is 0 Å². The summed E-state index contributed by atoms with van der Waals surface area (Å²) in [5, 5.41) is 0. The Bertz CT molecular complexity index is 733. The summed E-state index contributed by atoms with van der Waals surface area (Å²) in [5.74, 6) is 1.77. The molecule has 1 atom stereocenters. The van der Waals surface area contributed by atoms with Crippen LogP contribution in [0.2, 0.25) is 0 Å². The molecule has 4 rings (SSSR count). The Kier molecular flexibility index (Phi) is 4.07. The molecule has 0 N–H and O–H groups in total. The molecule has 0 radical (unpaired) electrons. The zero-order chi connectivity index (χ0) is 16.4. The van der Waals surface area contributed by atoms with Gasteiger partial charge in [-0.3, -0.25) is 9.78 Å². The molecule has 124 valence electrons. The Morgan fingerprint density at radius 2 is 2.00 bits per heavy atom. The van der Waals surface area contributed by atoms with E-state index in [1.165, 1.54) is 5.56 Å². The lowest BCUT2D eigenvalue weighted by atomic mass is 10.0. The van der Waals surface area contributed by atoms with Gasteiger partial charge in [0.1, 0.15) is 0 Å². The molecule has 2 aliphatic rings. The second-order valence-corrected chi connectivity index (χ2v) is 6.21. The van der Waals surface area contributed by atoms with Gasteiger partial charge in [0.25, 0.3) is 0 Å². The Balaban J connectivity index is 1.40. The van der Waals surface area contributed by atoms with Crippen LogP contribution < -0.4 is 9.47 Å². The van der Waals surface area contributed by atoms with Gasteiger partial charge in [-0.05, 0) is 54.7 Å². The van der Waals surface area contributed by atoms with E-state index in [0.717, 1.165) is 42.9 Å². The first-order chi connectivity index (χ1) is 11.8. The number of nitrogens with zero attached hydrogens (tertiary/aromatic N) is 2. The predicted octanol–water partition coefficient (Wildman–Crippen LogP) is 3.11. The summed E-state index contributed by atoms with van der Waals surface area (Å²) < 4.78 is 10.7. The van der Waals surface area contributed by atoms with E-state index >= 15 is 0 Å². The summed E-state index contributed by atoms with van der Waals surface area (Å²) in [6.45, 7) is 1.12. The maximum absolute atomic E-state index is 12.7. The number of aryl methyl sites for hydroxylation is 1. The number of amides is 1. The van der Waals surface area contributed by atoms with Crippen molar-refractivity contribution in [3.63, 3.8) is 0 Å². The molecule has 1 aromatic heterocycles. The minimum absolute atomic E-state index is 0.192. The number of hydrogen-bond acceptors (Lipinski definition) is 4. The van der Waals surface area contributed by atoms with Crippen LogP contribution >= 0.6 is 0 Å². The molecule has 0 spiro atoms. The molecule has 5 nitrogen and oxygen atoms in total. The molecule has 1 amide bonds. The molecule has 2 aliphatic heterocycles. The quantitative estimate of drug-likeness (QED) is 0.867. The number of pyridine rings is 1. The van der Waals surface area contributed by atoms with Crippen molar-refractivity contribution in [3.8, 4) is 11.5 Å². The van der Waals surface area contributed by atoms with Gasteiger partial charge in [0.2, 0.25) is 12.7 Å². The molecule has 1 saturated heterocycles. The SMILES string of the molecule is O=C(CCc1ccc2c(c1)OCO2)N1CCC[C@@H]1c1ccncc1. The van der Waals surface area contributed by atoms with Crippen LogP contribution in [0.4, 0.5) is 0 Å². The van der Waals surface area contributed by atoms with Crippen LogP contribution in [0.15, 0.2) is 42.7 Å². The van der Waals surface area contributed by atoms with Gasteiger partial charge in [-0.25, -0.2) is 0 Å². The number of rotatable bonds is 4. The largest absolute Gasteiger partial charge is 0.454 e. The fourth-order valence-corrected chi connectivity index (χ4v) is 3.49. The number of carbonyl (C=O) groups excluding carboxylic acids is 1. The number of carbonyl (C=O) groups is 1. The molecule has 2 aromatic rings. The predicted molar refractivity (Wildman–Crippen MR) is 88.8 cm³/mol. The molecule has 1 aromatic carbocycles. The van der Waals surface area contributed by atoms with Crippen molar-refractivity contribution < 1.29 is 14.3 Å². The second kappa shape index (κ2) is 6.51. The van der Waals surface area contributed by atoms with E-state index in [9.17, 15) is 4.79 Å². The van der Waals surface area contributed by atoms with Crippen LogP contribution in [-0.4, -0.2) is 29.1 Å². The average molecular weight is 324 g/mol. The van der Waals surface area contributed by atoms with E-state index < -0.39 is 0 Å². The van der Waals surface area contributed by atoms with Crippen LogP contribution in [0, 0.1) is 0 Å². The summed E-state index contributed by atoms with van der Waals surface area (Å²) in [6.07, 6.45) is 6.91. The molecule has 3 heterocycles. The van der Waals surface area contributed by atoms with E-state index in [-0.39, 0.29) is 18.7 Å². The highest BCUT2D eigenvalue weighted by Gasteiger charge is 2.29. The van der Waals surface area contributed by atoms with Crippen LogP contribution in [0.1, 0.15) is 36.4 Å². The zero-order valence-corrected chi connectivity index (χ0v) is 13.5. The van der Waals surface area contributed by atoms with Crippen LogP contribution in [0.5, 0.6) is 11.5 Å². The van der Waals surface area contributed by atoms with Gasteiger partial charge in [0.05, 0.1) is 6.04 Å². The first kappa shape index (κ1) is 15.0. The second-order valence-electron chi connectivity index (χ2n) is 6.21. The first-order valence-corrected chi connectivity index (χ1v) is 8.39. The first-order valence-electron chi connectivity index (χ1n) is 8.39. The third-order valence-electron chi connectivity index (χ3n) is 4.73. The zero-order valence-electron chi connectivity index (χ0n) is 13.5. The fourth-order valence-electron chi connectivity index (χ4n) is 3.49. The van der Waals surface area contributed by atoms with Crippen molar-refractivity contribution in [2.75, 3.05) is 13.3 Å². The number of fused-ring (bicyclic) bond motifs is 1. The molecule has 24 heavy (non-hydrogen) atoms. The maximum Gasteiger partial charge on any atom is 0.231 e. The molecule has 0 saturated carbocycles. The monoisotopic (exact) mass is 324 g/mol. The van der Waals surface area contributed by atoms with Crippen molar-refractivity contribution in [3.05, 3.63) is 53.9 Å². The van der Waals surface area contributed by atoms with E-state index in [0.29, 0.717) is 6.42 Å². The molecule has 0 unspecified atom stereocenters. The molecular formula is C19H20N2O3. The highest BCUT2D eigenvalue weighted by Crippen LogP contribution is 2.34. The Morgan fingerprint density at radius 1 is 1.17 bits per heavy atom. The standard InChI is InChI=1S/C19H20N2O3/c22-19(6-4-14-3-5-17-18(12-14)24-13-23-17)21-11-1-2-16(21)15-7-9-20-10-8-15/h3,5,7-10,12,16H,1-2,4,6,11,13H2/t16-/m1/s1. The summed E-state index contributed by atoms with van der Waals surface area (Å²) in [6, 6.07) is 10.1. The van der Waals surface area contributed by atoms with Crippen LogP contribution in [0.3, 0.4) is 0 Å².